The average molecular weight is 124 g/mol. The van der Waals surface area contributed by atoms with E-state index >= 15 is 0 Å². The van der Waals surface area contributed by atoms with E-state index in [-0.39, 0.29) is 17.1 Å². The predicted molar refractivity (Wildman–Crippen MR) is 5.66 cm³/mol. The number of rotatable bonds is 0. The first kappa shape index (κ1) is 8.89. The van der Waals surface area contributed by atoms with Crippen LogP contribution in [0.25, 0.3) is 0 Å². The molecule has 0 heterocycles. The second-order valence-electron chi connectivity index (χ2n) is 0.167. The van der Waals surface area contributed by atoms with E-state index in [0.717, 1.165) is 0 Å². The fourth-order valence-electron chi connectivity index (χ4n) is 0. The van der Waals surface area contributed by atoms with Crippen LogP contribution in [-0.2, 0) is 26.6 Å². The van der Waals surface area contributed by atoms with Crippen LogP contribution in [0.3, 0.4) is 0 Å². The number of hydrogen-bond acceptors (Lipinski definition) is 2. The van der Waals surface area contributed by atoms with E-state index in [1.54, 1.807) is 0 Å². The molecular weight excluding hydrogens is 124 g/mol. The molecule has 3 nitrogen and oxygen atoms in total. The number of hydrogen-bond donors (Lipinski definition) is 0. The van der Waals surface area contributed by atoms with E-state index in [9.17, 15) is 0 Å². The summed E-state index contributed by atoms with van der Waals surface area (Å²) in [4.78, 5) is 2.49. The van der Waals surface area contributed by atoms with Gasteiger partial charge in [-0.1, -0.05) is 0 Å². The zero-order valence-corrected chi connectivity index (χ0v) is 2.97. The van der Waals surface area contributed by atoms with E-state index in [1.165, 1.54) is 0 Å². The van der Waals surface area contributed by atoms with E-state index in [1.807, 2.05) is 0 Å². The van der Waals surface area contributed by atoms with Gasteiger partial charge in [0.15, 0.2) is 0 Å². The van der Waals surface area contributed by atoms with Gasteiger partial charge in [-0.25, -0.2) is 0 Å². The first-order valence-electron chi connectivity index (χ1n) is 0.575. The second kappa shape index (κ2) is 8.99. The molecule has 0 saturated carbocycles. The van der Waals surface area contributed by atoms with Crippen molar-refractivity contribution in [2.24, 2.45) is 0 Å². The van der Waals surface area contributed by atoms with Crippen molar-refractivity contribution >= 4 is 0 Å². The van der Waals surface area contributed by atoms with Crippen LogP contribution < -0.4 is 5.26 Å². The molecule has 0 aromatic rings. The fraction of sp³-hybridized carbons (Fsp3) is 0. The standard InChI is InChI=1S/CO3.Cu/c2-1-4-3;. The first-order valence-corrected chi connectivity index (χ1v) is 0.575. The Kier molecular flexibility index (Phi) is 16.0. The minimum atomic E-state index is 0. The molecule has 0 rings (SSSR count). The van der Waals surface area contributed by atoms with Crippen molar-refractivity contribution in [1.29, 1.82) is 0 Å². The molecule has 5 heavy (non-hydrogen) atoms. The molecular formula is CCuO3. The van der Waals surface area contributed by atoms with Gasteiger partial charge in [0.2, 0.25) is 0 Å². The summed E-state index contributed by atoms with van der Waals surface area (Å²) in [5.74, 6) is 0. The zero-order valence-electron chi connectivity index (χ0n) is 2.03. The zero-order chi connectivity index (χ0) is 3.41. The molecule has 0 aliphatic rings. The molecule has 0 aromatic heterocycles. The van der Waals surface area contributed by atoms with Crippen molar-refractivity contribution in [3.63, 3.8) is 0 Å². The molecule has 0 saturated heterocycles. The third-order valence-corrected chi connectivity index (χ3v) is 0.0340. The van der Waals surface area contributed by atoms with Crippen LogP contribution in [0, 0.1) is 6.33 Å². The van der Waals surface area contributed by atoms with Gasteiger partial charge in [0, 0.05) is 17.1 Å². The fourth-order valence-corrected chi connectivity index (χ4v) is 0. The van der Waals surface area contributed by atoms with Crippen molar-refractivity contribution in [1.82, 2.24) is 0 Å². The van der Waals surface area contributed by atoms with Crippen LogP contribution in [0.2, 0.25) is 0 Å². The van der Waals surface area contributed by atoms with E-state index in [2.05, 4.69) is 4.89 Å². The quantitative estimate of drug-likeness (QED) is 0.173. The van der Waals surface area contributed by atoms with Gasteiger partial charge in [-0.15, -0.1) is 0 Å². The summed E-state index contributed by atoms with van der Waals surface area (Å²) in [5, 5.41) is 8.38. The SMILES string of the molecule is [Cu].[O+]#CO[O-]. The van der Waals surface area contributed by atoms with Gasteiger partial charge in [-0.3, -0.25) is 0 Å². The summed E-state index contributed by atoms with van der Waals surface area (Å²) < 4.78 is 8.51. The van der Waals surface area contributed by atoms with Gasteiger partial charge in [-0.2, -0.15) is 0 Å². The Balaban J connectivity index is 0. The topological polar surface area (TPSA) is 52.2 Å². The van der Waals surface area contributed by atoms with Crippen molar-refractivity contribution in [3.05, 3.63) is 0 Å². The minimum absolute atomic E-state index is 0. The molecule has 0 unspecified atom stereocenters. The average Bonchev–Trinajstić information content (AvgIpc) is 1.37. The molecule has 1 radical (unpaired) electrons. The molecule has 0 amide bonds. The van der Waals surface area contributed by atoms with Gasteiger partial charge < -0.3 is 0 Å². The maximum atomic E-state index is 8.51. The normalized spacial score (nSPS) is 3.20. The van der Waals surface area contributed by atoms with E-state index in [0.29, 0.717) is 6.33 Å². The molecule has 0 fully saturated rings. The molecule has 0 aliphatic carbocycles. The van der Waals surface area contributed by atoms with Crippen LogP contribution in [0.15, 0.2) is 0 Å². The van der Waals surface area contributed by atoms with Crippen molar-refractivity contribution in [2.75, 3.05) is 0 Å². The first-order chi connectivity index (χ1) is 1.91. The Bertz CT molecular complexity index is 36.6. The van der Waals surface area contributed by atoms with E-state index < -0.39 is 0 Å². The summed E-state index contributed by atoms with van der Waals surface area (Å²) in [6, 6.07) is 0. The molecule has 0 aliphatic heterocycles. The molecule has 0 aromatic carbocycles. The van der Waals surface area contributed by atoms with E-state index in [4.69, 9.17) is 9.91 Å². The summed E-state index contributed by atoms with van der Waals surface area (Å²) in [7, 11) is 0. The van der Waals surface area contributed by atoms with Crippen LogP contribution in [0.4, 0.5) is 0 Å². The molecule has 4 heteroatoms. The Morgan fingerprint density at radius 1 is 1.80 bits per heavy atom. The third-order valence-electron chi connectivity index (χ3n) is 0.0340. The Hall–Kier alpha value is 0.0195. The Morgan fingerprint density at radius 2 is 2.00 bits per heavy atom. The second-order valence-corrected chi connectivity index (χ2v) is 0.167. The summed E-state index contributed by atoms with van der Waals surface area (Å²) in [6.07, 6.45) is 0.625. The molecule has 33 valence electrons. The molecule has 0 N–H and O–H groups in total. The van der Waals surface area contributed by atoms with Crippen molar-refractivity contribution in [3.8, 4) is 6.33 Å². The predicted octanol–water partition coefficient (Wildman–Crippen LogP) is -1.38. The van der Waals surface area contributed by atoms with Crippen LogP contribution >= 0.6 is 0 Å². The molecule has 0 atom stereocenters. The van der Waals surface area contributed by atoms with Crippen LogP contribution in [0.1, 0.15) is 0 Å². The molecule has 0 spiro atoms. The Morgan fingerprint density at radius 3 is 2.00 bits per heavy atom. The third kappa shape index (κ3) is 15.8. The van der Waals surface area contributed by atoms with Gasteiger partial charge in [-0.05, 0) is 0 Å². The van der Waals surface area contributed by atoms with Gasteiger partial charge in [0.1, 0.15) is 0 Å². The summed E-state index contributed by atoms with van der Waals surface area (Å²) >= 11 is 0. The Labute approximate surface area is 39.1 Å². The summed E-state index contributed by atoms with van der Waals surface area (Å²) in [6.45, 7) is 0. The molecule has 0 bridgehead atoms. The van der Waals surface area contributed by atoms with Crippen LogP contribution in [-0.4, -0.2) is 0 Å². The van der Waals surface area contributed by atoms with Crippen molar-refractivity contribution in [2.45, 2.75) is 0 Å². The monoisotopic (exact) mass is 123 g/mol. The van der Waals surface area contributed by atoms with Crippen molar-refractivity contribution < 1.29 is 31.9 Å². The maximum absolute atomic E-state index is 8.51. The van der Waals surface area contributed by atoms with Crippen LogP contribution in [0.5, 0.6) is 0 Å². The van der Waals surface area contributed by atoms with Gasteiger partial charge in [0.05, 0.1) is 0 Å². The van der Waals surface area contributed by atoms with Gasteiger partial charge in [0.25, 0.3) is 0 Å². The van der Waals surface area contributed by atoms with Gasteiger partial charge >= 0.3 is 21.1 Å². The summed E-state index contributed by atoms with van der Waals surface area (Å²) in [5.41, 5.74) is 0.